The molecule has 0 bridgehead atoms. The average molecular weight is 197 g/mol. The maximum atomic E-state index is 11.3. The molecule has 0 amide bonds. The predicted octanol–water partition coefficient (Wildman–Crippen LogP) is 2.48. The quantitative estimate of drug-likeness (QED) is 0.690. The highest BCUT2D eigenvalue weighted by molar-refractivity contribution is 6.32. The number of ketones is 1. The van der Waals surface area contributed by atoms with Gasteiger partial charge < -0.3 is 4.74 Å². The molecule has 0 atom stereocenters. The van der Waals surface area contributed by atoms with E-state index in [1.807, 2.05) is 0 Å². The Morgan fingerprint density at radius 3 is 2.85 bits per heavy atom. The van der Waals surface area contributed by atoms with E-state index in [4.69, 9.17) is 16.3 Å². The van der Waals surface area contributed by atoms with Crippen molar-refractivity contribution < 1.29 is 9.53 Å². The fourth-order valence-corrected chi connectivity index (χ4v) is 1.96. The standard InChI is InChI=1S/C10H9ClO2/c1-13-10-7-3-5-9(12)6(7)2-4-8(10)11/h2,4H,3,5H2,1H3. The van der Waals surface area contributed by atoms with Gasteiger partial charge in [0.15, 0.2) is 5.78 Å². The van der Waals surface area contributed by atoms with E-state index < -0.39 is 0 Å². The second-order valence-corrected chi connectivity index (χ2v) is 3.44. The first kappa shape index (κ1) is 8.57. The van der Waals surface area contributed by atoms with Gasteiger partial charge in [-0.15, -0.1) is 0 Å². The molecule has 1 aliphatic rings. The van der Waals surface area contributed by atoms with E-state index in [-0.39, 0.29) is 5.78 Å². The fraction of sp³-hybridized carbons (Fsp3) is 0.300. The van der Waals surface area contributed by atoms with E-state index in [0.29, 0.717) is 17.2 Å². The minimum Gasteiger partial charge on any atom is -0.495 e. The highest BCUT2D eigenvalue weighted by Gasteiger charge is 2.24. The second kappa shape index (κ2) is 3.04. The normalized spacial score (nSPS) is 14.5. The topological polar surface area (TPSA) is 26.3 Å². The Kier molecular flexibility index (Phi) is 2.00. The lowest BCUT2D eigenvalue weighted by molar-refractivity contribution is 0.0994. The molecule has 0 unspecified atom stereocenters. The number of benzene rings is 1. The molecule has 0 fully saturated rings. The molecule has 1 aliphatic carbocycles. The number of rotatable bonds is 1. The number of carbonyl (C=O) groups is 1. The third-order valence-electron chi connectivity index (χ3n) is 2.32. The predicted molar refractivity (Wildman–Crippen MR) is 50.7 cm³/mol. The van der Waals surface area contributed by atoms with Crippen molar-refractivity contribution in [3.63, 3.8) is 0 Å². The molecule has 1 aromatic carbocycles. The third kappa shape index (κ3) is 1.22. The Bertz CT molecular complexity index is 371. The molecule has 68 valence electrons. The van der Waals surface area contributed by atoms with Crippen LogP contribution in [-0.2, 0) is 6.42 Å². The van der Waals surface area contributed by atoms with E-state index in [1.54, 1.807) is 19.2 Å². The molecular formula is C10H9ClO2. The van der Waals surface area contributed by atoms with Crippen LogP contribution >= 0.6 is 11.6 Å². The second-order valence-electron chi connectivity index (χ2n) is 3.03. The number of Topliss-reactive ketones (excluding diaryl/α,β-unsaturated/α-hetero) is 1. The molecule has 0 radical (unpaired) electrons. The summed E-state index contributed by atoms with van der Waals surface area (Å²) in [6, 6.07) is 3.48. The van der Waals surface area contributed by atoms with E-state index in [2.05, 4.69) is 0 Å². The fourth-order valence-electron chi connectivity index (χ4n) is 1.70. The van der Waals surface area contributed by atoms with Gasteiger partial charge in [-0.05, 0) is 18.6 Å². The third-order valence-corrected chi connectivity index (χ3v) is 2.62. The summed E-state index contributed by atoms with van der Waals surface area (Å²) in [5, 5.41) is 0.580. The number of methoxy groups -OCH3 is 1. The largest absolute Gasteiger partial charge is 0.495 e. The van der Waals surface area contributed by atoms with Gasteiger partial charge in [-0.3, -0.25) is 4.79 Å². The van der Waals surface area contributed by atoms with E-state index in [0.717, 1.165) is 17.5 Å². The van der Waals surface area contributed by atoms with Gasteiger partial charge in [0.05, 0.1) is 12.1 Å². The lowest BCUT2D eigenvalue weighted by Crippen LogP contribution is -1.94. The highest BCUT2D eigenvalue weighted by atomic mass is 35.5. The van der Waals surface area contributed by atoms with Crippen molar-refractivity contribution in [3.8, 4) is 5.75 Å². The number of hydrogen-bond acceptors (Lipinski definition) is 2. The van der Waals surface area contributed by atoms with Crippen LogP contribution in [0.15, 0.2) is 12.1 Å². The van der Waals surface area contributed by atoms with Gasteiger partial charge in [0.2, 0.25) is 0 Å². The van der Waals surface area contributed by atoms with Crippen molar-refractivity contribution in [2.75, 3.05) is 7.11 Å². The lowest BCUT2D eigenvalue weighted by atomic mass is 10.1. The Morgan fingerprint density at radius 1 is 1.38 bits per heavy atom. The average Bonchev–Trinajstić information content (AvgIpc) is 2.48. The zero-order valence-electron chi connectivity index (χ0n) is 7.26. The van der Waals surface area contributed by atoms with Gasteiger partial charge in [0.1, 0.15) is 5.75 Å². The SMILES string of the molecule is COc1c(Cl)ccc2c1CCC2=O. The molecule has 0 aromatic heterocycles. The number of carbonyl (C=O) groups excluding carboxylic acids is 1. The van der Waals surface area contributed by atoms with Crippen LogP contribution in [0.1, 0.15) is 22.3 Å². The Morgan fingerprint density at radius 2 is 2.15 bits per heavy atom. The Labute approximate surface area is 81.5 Å². The molecule has 0 heterocycles. The van der Waals surface area contributed by atoms with Crippen LogP contribution in [-0.4, -0.2) is 12.9 Å². The van der Waals surface area contributed by atoms with Crippen molar-refractivity contribution in [1.82, 2.24) is 0 Å². The summed E-state index contributed by atoms with van der Waals surface area (Å²) >= 11 is 5.92. The molecule has 0 saturated heterocycles. The van der Waals surface area contributed by atoms with E-state index in [1.165, 1.54) is 0 Å². The van der Waals surface area contributed by atoms with Crippen molar-refractivity contribution in [1.29, 1.82) is 0 Å². The smallest absolute Gasteiger partial charge is 0.163 e. The molecule has 1 aromatic rings. The molecule has 0 saturated carbocycles. The number of halogens is 1. The first-order valence-corrected chi connectivity index (χ1v) is 4.50. The molecule has 2 rings (SSSR count). The van der Waals surface area contributed by atoms with Crippen LogP contribution < -0.4 is 4.74 Å². The van der Waals surface area contributed by atoms with Crippen LogP contribution in [0.5, 0.6) is 5.75 Å². The first-order valence-electron chi connectivity index (χ1n) is 4.12. The van der Waals surface area contributed by atoms with Crippen LogP contribution in [0, 0.1) is 0 Å². The van der Waals surface area contributed by atoms with Gasteiger partial charge in [-0.2, -0.15) is 0 Å². The summed E-state index contributed by atoms with van der Waals surface area (Å²) in [7, 11) is 1.57. The zero-order chi connectivity index (χ0) is 9.42. The van der Waals surface area contributed by atoms with Crippen LogP contribution in [0.3, 0.4) is 0 Å². The summed E-state index contributed by atoms with van der Waals surface area (Å²) in [5.74, 6) is 0.843. The molecule has 0 N–H and O–H groups in total. The zero-order valence-corrected chi connectivity index (χ0v) is 8.02. The highest BCUT2D eigenvalue weighted by Crippen LogP contribution is 2.36. The first-order chi connectivity index (χ1) is 6.24. The maximum Gasteiger partial charge on any atom is 0.163 e. The summed E-state index contributed by atoms with van der Waals surface area (Å²) in [4.78, 5) is 11.3. The molecule has 2 nitrogen and oxygen atoms in total. The molecular weight excluding hydrogens is 188 g/mol. The van der Waals surface area contributed by atoms with Gasteiger partial charge in [0.25, 0.3) is 0 Å². The molecule has 0 aliphatic heterocycles. The van der Waals surface area contributed by atoms with Gasteiger partial charge in [0, 0.05) is 17.5 Å². The summed E-state index contributed by atoms with van der Waals surface area (Å²) < 4.78 is 5.15. The van der Waals surface area contributed by atoms with Gasteiger partial charge in [-0.1, -0.05) is 11.6 Å². The van der Waals surface area contributed by atoms with Crippen LogP contribution in [0.25, 0.3) is 0 Å². The van der Waals surface area contributed by atoms with Crippen LogP contribution in [0.2, 0.25) is 5.02 Å². The minimum atomic E-state index is 0.185. The number of ether oxygens (including phenoxy) is 1. The summed E-state index contributed by atoms with van der Waals surface area (Å²) in [6.07, 6.45) is 1.32. The Balaban J connectivity index is 2.64. The summed E-state index contributed by atoms with van der Waals surface area (Å²) in [5.41, 5.74) is 1.72. The lowest BCUT2D eigenvalue weighted by Gasteiger charge is -2.07. The van der Waals surface area contributed by atoms with Crippen molar-refractivity contribution >= 4 is 17.4 Å². The van der Waals surface area contributed by atoms with Crippen molar-refractivity contribution in [2.24, 2.45) is 0 Å². The van der Waals surface area contributed by atoms with Gasteiger partial charge >= 0.3 is 0 Å². The Hall–Kier alpha value is -1.02. The monoisotopic (exact) mass is 196 g/mol. The van der Waals surface area contributed by atoms with Crippen molar-refractivity contribution in [2.45, 2.75) is 12.8 Å². The molecule has 3 heteroatoms. The number of hydrogen-bond donors (Lipinski definition) is 0. The van der Waals surface area contributed by atoms with Gasteiger partial charge in [-0.25, -0.2) is 0 Å². The number of fused-ring (bicyclic) bond motifs is 1. The van der Waals surface area contributed by atoms with Crippen LogP contribution in [0.4, 0.5) is 0 Å². The molecule has 0 spiro atoms. The van der Waals surface area contributed by atoms with E-state index in [9.17, 15) is 4.79 Å². The minimum absolute atomic E-state index is 0.185. The molecule has 13 heavy (non-hydrogen) atoms. The van der Waals surface area contributed by atoms with E-state index >= 15 is 0 Å². The van der Waals surface area contributed by atoms with Crippen molar-refractivity contribution in [3.05, 3.63) is 28.3 Å². The summed E-state index contributed by atoms with van der Waals surface area (Å²) in [6.45, 7) is 0. The maximum absolute atomic E-state index is 11.3.